The maximum atomic E-state index is 8.36. The second kappa shape index (κ2) is 4.60. The van der Waals surface area contributed by atoms with Gasteiger partial charge in [-0.25, -0.2) is 0 Å². The molecule has 0 amide bonds. The number of furan rings is 1. The van der Waals surface area contributed by atoms with Crippen molar-refractivity contribution in [2.24, 2.45) is 0 Å². The Morgan fingerprint density at radius 1 is 1.67 bits per heavy atom. The highest BCUT2D eigenvalue weighted by Crippen LogP contribution is 2.14. The van der Waals surface area contributed by atoms with Crippen molar-refractivity contribution < 1.29 is 14.7 Å². The van der Waals surface area contributed by atoms with E-state index in [1.165, 1.54) is 0 Å². The molecule has 0 radical (unpaired) electrons. The Balaban J connectivity index is 0.000000245. The Bertz CT molecular complexity index is 418. The first-order valence-electron chi connectivity index (χ1n) is 3.64. The first-order chi connectivity index (χ1) is 7.09. The molecule has 0 fully saturated rings. The lowest BCUT2D eigenvalue weighted by molar-refractivity contribution is -0.742. The van der Waals surface area contributed by atoms with Crippen LogP contribution in [-0.4, -0.2) is 25.5 Å². The third-order valence-corrected chi connectivity index (χ3v) is 1.26. The highest BCUT2D eigenvalue weighted by Gasteiger charge is 2.03. The zero-order valence-corrected chi connectivity index (χ0v) is 7.32. The van der Waals surface area contributed by atoms with Crippen molar-refractivity contribution in [1.29, 1.82) is 0 Å². The standard InChI is InChI=1S/C6H6N4O.HNO3/c7-6-8-5(9-10-6)4-2-1-3-11-4;2-1(3)4/h1-3H,(H3,7,8,9,10);(H,2,3,4). The highest BCUT2D eigenvalue weighted by molar-refractivity contribution is 5.47. The Labute approximate surface area is 82.6 Å². The molecule has 0 spiro atoms. The van der Waals surface area contributed by atoms with E-state index in [0.29, 0.717) is 11.6 Å². The molecular formula is C6H7N5O4. The van der Waals surface area contributed by atoms with E-state index in [1.54, 1.807) is 18.4 Å². The van der Waals surface area contributed by atoms with Gasteiger partial charge in [-0.3, -0.25) is 5.10 Å². The maximum absolute atomic E-state index is 8.36. The lowest BCUT2D eigenvalue weighted by Crippen LogP contribution is -1.85. The van der Waals surface area contributed by atoms with E-state index in [1.807, 2.05) is 0 Å². The number of anilines is 1. The molecule has 4 N–H and O–H groups in total. The molecule has 9 nitrogen and oxygen atoms in total. The monoisotopic (exact) mass is 213 g/mol. The molecule has 2 heterocycles. The second-order valence-electron chi connectivity index (χ2n) is 2.26. The summed E-state index contributed by atoms with van der Waals surface area (Å²) in [7, 11) is 0. The average Bonchev–Trinajstić information content (AvgIpc) is 2.71. The molecule has 0 unspecified atom stereocenters. The number of hydrogen-bond acceptors (Lipinski definition) is 6. The molecule has 15 heavy (non-hydrogen) atoms. The molecule has 0 aliphatic heterocycles. The van der Waals surface area contributed by atoms with Crippen LogP contribution in [0.4, 0.5) is 5.95 Å². The predicted octanol–water partition coefficient (Wildman–Crippen LogP) is 0.299. The van der Waals surface area contributed by atoms with Crippen LogP contribution in [0.15, 0.2) is 22.8 Å². The van der Waals surface area contributed by atoms with E-state index in [2.05, 4.69) is 15.2 Å². The fourth-order valence-electron chi connectivity index (χ4n) is 0.798. The van der Waals surface area contributed by atoms with Gasteiger partial charge in [0.2, 0.25) is 5.95 Å². The maximum Gasteiger partial charge on any atom is 0.291 e. The Morgan fingerprint density at radius 3 is 2.73 bits per heavy atom. The molecule has 0 saturated carbocycles. The van der Waals surface area contributed by atoms with Gasteiger partial charge in [-0.2, -0.15) is 4.98 Å². The third kappa shape index (κ3) is 3.34. The van der Waals surface area contributed by atoms with Crippen molar-refractivity contribution in [3.63, 3.8) is 0 Å². The molecular weight excluding hydrogens is 206 g/mol. The lowest BCUT2D eigenvalue weighted by atomic mass is 10.4. The summed E-state index contributed by atoms with van der Waals surface area (Å²) in [6.45, 7) is 0. The summed E-state index contributed by atoms with van der Waals surface area (Å²) < 4.78 is 5.04. The fraction of sp³-hybridized carbons (Fsp3) is 0. The smallest absolute Gasteiger partial charge is 0.291 e. The van der Waals surface area contributed by atoms with E-state index in [0.717, 1.165) is 0 Å². The van der Waals surface area contributed by atoms with Crippen LogP contribution in [0.25, 0.3) is 11.6 Å². The zero-order chi connectivity index (χ0) is 11.3. The van der Waals surface area contributed by atoms with Crippen LogP contribution in [0.2, 0.25) is 0 Å². The van der Waals surface area contributed by atoms with Gasteiger partial charge in [0.05, 0.1) is 6.26 Å². The van der Waals surface area contributed by atoms with Crippen LogP contribution < -0.4 is 5.73 Å². The van der Waals surface area contributed by atoms with Crippen molar-refractivity contribution in [2.45, 2.75) is 0 Å². The number of H-pyrrole nitrogens is 1. The largest absolute Gasteiger partial charge is 0.461 e. The number of hydrogen-bond donors (Lipinski definition) is 3. The quantitative estimate of drug-likeness (QED) is 0.456. The van der Waals surface area contributed by atoms with Gasteiger partial charge in [-0.15, -0.1) is 15.2 Å². The van der Waals surface area contributed by atoms with Crippen LogP contribution >= 0.6 is 0 Å². The molecule has 2 aromatic heterocycles. The van der Waals surface area contributed by atoms with E-state index in [-0.39, 0.29) is 5.95 Å². The number of nitrogens with zero attached hydrogens (tertiary/aromatic N) is 3. The predicted molar refractivity (Wildman–Crippen MR) is 47.3 cm³/mol. The molecule has 0 aromatic carbocycles. The SMILES string of the molecule is Nc1n[nH]c(-c2ccco2)n1.O=[N+]([O-])O. The van der Waals surface area contributed by atoms with Crippen LogP contribution in [0.5, 0.6) is 0 Å². The molecule has 80 valence electrons. The summed E-state index contributed by atoms with van der Waals surface area (Å²) in [6.07, 6.45) is 1.56. The Kier molecular flexibility index (Phi) is 3.22. The minimum absolute atomic E-state index is 0.219. The van der Waals surface area contributed by atoms with Crippen LogP contribution in [0.3, 0.4) is 0 Å². The topological polar surface area (TPSA) is 144 Å². The highest BCUT2D eigenvalue weighted by atomic mass is 16.9. The van der Waals surface area contributed by atoms with Crippen molar-refractivity contribution in [2.75, 3.05) is 5.73 Å². The fourth-order valence-corrected chi connectivity index (χ4v) is 0.798. The van der Waals surface area contributed by atoms with Gasteiger partial charge in [-0.05, 0) is 12.1 Å². The number of nitrogens with one attached hydrogen (secondary N) is 1. The number of nitrogen functional groups attached to an aromatic ring is 1. The van der Waals surface area contributed by atoms with Crippen LogP contribution in [-0.2, 0) is 0 Å². The van der Waals surface area contributed by atoms with E-state index >= 15 is 0 Å². The van der Waals surface area contributed by atoms with Crippen molar-refractivity contribution in [1.82, 2.24) is 15.2 Å². The minimum atomic E-state index is -1.50. The van der Waals surface area contributed by atoms with Gasteiger partial charge in [0.25, 0.3) is 5.09 Å². The molecule has 0 saturated heterocycles. The van der Waals surface area contributed by atoms with E-state index in [9.17, 15) is 0 Å². The summed E-state index contributed by atoms with van der Waals surface area (Å²) in [5.41, 5.74) is 5.29. The Hall–Kier alpha value is -2.58. The first kappa shape index (κ1) is 10.5. The van der Waals surface area contributed by atoms with Crippen LogP contribution in [0, 0.1) is 10.1 Å². The first-order valence-corrected chi connectivity index (χ1v) is 3.64. The van der Waals surface area contributed by atoms with Gasteiger partial charge >= 0.3 is 0 Å². The zero-order valence-electron chi connectivity index (χ0n) is 7.32. The molecule has 2 aromatic rings. The summed E-state index contributed by atoms with van der Waals surface area (Å²) >= 11 is 0. The Morgan fingerprint density at radius 2 is 2.33 bits per heavy atom. The molecule has 9 heteroatoms. The normalized spacial score (nSPS) is 9.07. The molecule has 2 rings (SSSR count). The number of aromatic amines is 1. The number of rotatable bonds is 1. The van der Waals surface area contributed by atoms with Crippen molar-refractivity contribution in [3.8, 4) is 11.6 Å². The lowest BCUT2D eigenvalue weighted by Gasteiger charge is -1.83. The van der Waals surface area contributed by atoms with E-state index < -0.39 is 5.09 Å². The molecule has 0 aliphatic rings. The van der Waals surface area contributed by atoms with E-state index in [4.69, 9.17) is 25.5 Å². The van der Waals surface area contributed by atoms with Crippen molar-refractivity contribution in [3.05, 3.63) is 28.5 Å². The van der Waals surface area contributed by atoms with Gasteiger partial charge in [0.15, 0.2) is 11.6 Å². The third-order valence-electron chi connectivity index (χ3n) is 1.26. The second-order valence-corrected chi connectivity index (χ2v) is 2.26. The molecule has 0 atom stereocenters. The minimum Gasteiger partial charge on any atom is -0.461 e. The number of aromatic nitrogens is 3. The van der Waals surface area contributed by atoms with Gasteiger partial charge in [0, 0.05) is 0 Å². The summed E-state index contributed by atoms with van der Waals surface area (Å²) in [6, 6.07) is 3.55. The van der Waals surface area contributed by atoms with Gasteiger partial charge in [-0.1, -0.05) is 0 Å². The number of nitrogens with two attached hydrogens (primary N) is 1. The summed E-state index contributed by atoms with van der Waals surface area (Å²) in [4.78, 5) is 12.2. The van der Waals surface area contributed by atoms with Crippen LogP contribution in [0.1, 0.15) is 0 Å². The summed E-state index contributed by atoms with van der Waals surface area (Å²) in [5, 5.41) is 19.9. The average molecular weight is 213 g/mol. The molecule has 0 bridgehead atoms. The molecule has 0 aliphatic carbocycles. The van der Waals surface area contributed by atoms with Crippen molar-refractivity contribution >= 4 is 5.95 Å². The summed E-state index contributed by atoms with van der Waals surface area (Å²) in [5.74, 6) is 1.40. The van der Waals surface area contributed by atoms with Gasteiger partial charge in [0.1, 0.15) is 0 Å². The van der Waals surface area contributed by atoms with Gasteiger partial charge < -0.3 is 15.4 Å².